The SMILES string of the molecule is Cc1cc(C)n(CCC(=O)NCC23CCCC=C2N(CC2CC2)C(=O)CC3)n1. The maximum Gasteiger partial charge on any atom is 0.226 e. The number of fused-ring (bicyclic) bond motifs is 1. The minimum Gasteiger partial charge on any atom is -0.355 e. The minimum atomic E-state index is -0.0606. The van der Waals surface area contributed by atoms with Crippen LogP contribution in [-0.2, 0) is 16.1 Å². The zero-order chi connectivity index (χ0) is 19.7. The van der Waals surface area contributed by atoms with Crippen molar-refractivity contribution in [3.05, 3.63) is 29.2 Å². The van der Waals surface area contributed by atoms with E-state index < -0.39 is 0 Å². The molecule has 1 aromatic rings. The molecule has 0 spiro atoms. The summed E-state index contributed by atoms with van der Waals surface area (Å²) in [5, 5.41) is 7.62. The molecule has 0 bridgehead atoms. The van der Waals surface area contributed by atoms with Gasteiger partial charge in [0.05, 0.1) is 5.69 Å². The summed E-state index contributed by atoms with van der Waals surface area (Å²) < 4.78 is 1.90. The first-order chi connectivity index (χ1) is 13.5. The van der Waals surface area contributed by atoms with E-state index in [1.54, 1.807) is 0 Å². The normalized spacial score (nSPS) is 24.7. The molecule has 6 heteroatoms. The fourth-order valence-corrected chi connectivity index (χ4v) is 4.78. The number of amides is 2. The molecule has 2 fully saturated rings. The number of nitrogens with one attached hydrogen (secondary N) is 1. The van der Waals surface area contributed by atoms with Crippen molar-refractivity contribution in [3.63, 3.8) is 0 Å². The summed E-state index contributed by atoms with van der Waals surface area (Å²) in [5.74, 6) is 1.02. The number of allylic oxidation sites excluding steroid dienone is 1. The lowest BCUT2D eigenvalue weighted by atomic mass is 9.69. The Bertz CT molecular complexity index is 792. The number of aryl methyl sites for hydroxylation is 3. The second-order valence-electron chi connectivity index (χ2n) is 8.89. The number of aromatic nitrogens is 2. The molecular formula is C22H32N4O2. The molecule has 28 heavy (non-hydrogen) atoms. The molecule has 1 unspecified atom stereocenters. The molecule has 1 saturated heterocycles. The topological polar surface area (TPSA) is 67.2 Å². The molecule has 152 valence electrons. The van der Waals surface area contributed by atoms with Gasteiger partial charge >= 0.3 is 0 Å². The summed E-state index contributed by atoms with van der Waals surface area (Å²) in [4.78, 5) is 27.2. The van der Waals surface area contributed by atoms with E-state index in [-0.39, 0.29) is 17.2 Å². The van der Waals surface area contributed by atoms with E-state index >= 15 is 0 Å². The van der Waals surface area contributed by atoms with Crippen LogP contribution in [0.3, 0.4) is 0 Å². The molecule has 0 radical (unpaired) electrons. The lowest BCUT2D eigenvalue weighted by Crippen LogP contribution is -2.51. The molecule has 3 aliphatic rings. The molecule has 1 N–H and O–H groups in total. The Hall–Kier alpha value is -2.11. The van der Waals surface area contributed by atoms with E-state index in [4.69, 9.17) is 0 Å². The first kappa shape index (κ1) is 19.2. The lowest BCUT2D eigenvalue weighted by Gasteiger charge is -2.47. The zero-order valence-corrected chi connectivity index (χ0v) is 17.2. The van der Waals surface area contributed by atoms with Gasteiger partial charge in [0.25, 0.3) is 0 Å². The van der Waals surface area contributed by atoms with Crippen LogP contribution in [0.25, 0.3) is 0 Å². The third-order valence-corrected chi connectivity index (χ3v) is 6.57. The van der Waals surface area contributed by atoms with Crippen LogP contribution in [0.5, 0.6) is 0 Å². The van der Waals surface area contributed by atoms with Crippen LogP contribution in [0.2, 0.25) is 0 Å². The Morgan fingerprint density at radius 3 is 2.86 bits per heavy atom. The highest BCUT2D eigenvalue weighted by Crippen LogP contribution is 2.47. The summed E-state index contributed by atoms with van der Waals surface area (Å²) in [6.07, 6.45) is 9.88. The summed E-state index contributed by atoms with van der Waals surface area (Å²) in [6.45, 7) is 6.11. The fourth-order valence-electron chi connectivity index (χ4n) is 4.78. The molecule has 1 atom stereocenters. The van der Waals surface area contributed by atoms with Crippen molar-refractivity contribution in [2.45, 2.75) is 71.8 Å². The highest BCUT2D eigenvalue weighted by molar-refractivity contribution is 5.80. The summed E-state index contributed by atoms with van der Waals surface area (Å²) in [7, 11) is 0. The van der Waals surface area contributed by atoms with Crippen LogP contribution in [0, 0.1) is 25.2 Å². The number of hydrogen-bond donors (Lipinski definition) is 1. The Morgan fingerprint density at radius 2 is 2.14 bits per heavy atom. The first-order valence-corrected chi connectivity index (χ1v) is 10.8. The third kappa shape index (κ3) is 4.01. The Balaban J connectivity index is 1.38. The Kier molecular flexibility index (Phi) is 5.30. The van der Waals surface area contributed by atoms with Gasteiger partial charge in [-0.1, -0.05) is 6.08 Å². The van der Waals surface area contributed by atoms with Gasteiger partial charge in [0, 0.05) is 49.3 Å². The van der Waals surface area contributed by atoms with Crippen molar-refractivity contribution >= 4 is 11.8 Å². The van der Waals surface area contributed by atoms with E-state index in [0.29, 0.717) is 31.8 Å². The zero-order valence-electron chi connectivity index (χ0n) is 17.2. The molecule has 1 aromatic heterocycles. The largest absolute Gasteiger partial charge is 0.355 e. The van der Waals surface area contributed by atoms with E-state index in [9.17, 15) is 9.59 Å². The lowest BCUT2D eigenvalue weighted by molar-refractivity contribution is -0.134. The monoisotopic (exact) mass is 384 g/mol. The highest BCUT2D eigenvalue weighted by Gasteiger charge is 2.45. The molecular weight excluding hydrogens is 352 g/mol. The van der Waals surface area contributed by atoms with E-state index in [0.717, 1.165) is 43.6 Å². The highest BCUT2D eigenvalue weighted by atomic mass is 16.2. The van der Waals surface area contributed by atoms with E-state index in [2.05, 4.69) is 21.4 Å². The standard InChI is InChI=1S/C22H32N4O2/c1-16-13-17(2)26(24-16)12-9-20(27)23-15-22-10-4-3-5-19(22)25(14-18-6-7-18)21(28)8-11-22/h5,13,18H,3-4,6-12,14-15H2,1-2H3,(H,23,27). The maximum absolute atomic E-state index is 12.6. The van der Waals surface area contributed by atoms with Gasteiger partial charge < -0.3 is 10.2 Å². The van der Waals surface area contributed by atoms with Crippen LogP contribution in [-0.4, -0.2) is 39.6 Å². The van der Waals surface area contributed by atoms with Gasteiger partial charge in [-0.3, -0.25) is 14.3 Å². The van der Waals surface area contributed by atoms with Crippen molar-refractivity contribution in [2.75, 3.05) is 13.1 Å². The van der Waals surface area contributed by atoms with Crippen molar-refractivity contribution < 1.29 is 9.59 Å². The van der Waals surface area contributed by atoms with Crippen LogP contribution in [0.15, 0.2) is 17.8 Å². The van der Waals surface area contributed by atoms with Gasteiger partial charge in [-0.2, -0.15) is 5.10 Å². The molecule has 0 aromatic carbocycles. The van der Waals surface area contributed by atoms with Crippen LogP contribution in [0.4, 0.5) is 0 Å². The second-order valence-corrected chi connectivity index (χ2v) is 8.89. The maximum atomic E-state index is 12.6. The molecule has 4 rings (SSSR count). The average molecular weight is 385 g/mol. The summed E-state index contributed by atoms with van der Waals surface area (Å²) in [6, 6.07) is 2.03. The number of carbonyl (C=O) groups is 2. The molecule has 2 aliphatic carbocycles. The van der Waals surface area contributed by atoms with Gasteiger partial charge in [0.1, 0.15) is 0 Å². The molecule has 1 aliphatic heterocycles. The number of likely N-dealkylation sites (tertiary alicyclic amines) is 1. The summed E-state index contributed by atoms with van der Waals surface area (Å²) >= 11 is 0. The molecule has 2 amide bonds. The number of nitrogens with zero attached hydrogens (tertiary/aromatic N) is 3. The van der Waals surface area contributed by atoms with Crippen LogP contribution < -0.4 is 5.32 Å². The predicted octanol–water partition coefficient (Wildman–Crippen LogP) is 3.09. The first-order valence-electron chi connectivity index (χ1n) is 10.8. The van der Waals surface area contributed by atoms with Crippen molar-refractivity contribution in [1.82, 2.24) is 20.0 Å². The van der Waals surface area contributed by atoms with Crippen molar-refractivity contribution in [1.29, 1.82) is 0 Å². The number of carbonyl (C=O) groups excluding carboxylic acids is 2. The number of piperidine rings is 1. The quantitative estimate of drug-likeness (QED) is 0.785. The Morgan fingerprint density at radius 1 is 1.32 bits per heavy atom. The van der Waals surface area contributed by atoms with Crippen LogP contribution >= 0.6 is 0 Å². The van der Waals surface area contributed by atoms with Gasteiger partial charge in [0.15, 0.2) is 0 Å². The van der Waals surface area contributed by atoms with Gasteiger partial charge in [-0.15, -0.1) is 0 Å². The van der Waals surface area contributed by atoms with Crippen molar-refractivity contribution in [3.8, 4) is 0 Å². The van der Waals surface area contributed by atoms with Gasteiger partial charge in [-0.25, -0.2) is 0 Å². The van der Waals surface area contributed by atoms with E-state index in [1.807, 2.05) is 24.6 Å². The third-order valence-electron chi connectivity index (χ3n) is 6.57. The predicted molar refractivity (Wildman–Crippen MR) is 107 cm³/mol. The van der Waals surface area contributed by atoms with Gasteiger partial charge in [0.2, 0.25) is 11.8 Å². The summed E-state index contributed by atoms with van der Waals surface area (Å²) in [5.41, 5.74) is 3.20. The molecule has 6 nitrogen and oxygen atoms in total. The number of hydrogen-bond acceptors (Lipinski definition) is 3. The van der Waals surface area contributed by atoms with Gasteiger partial charge in [-0.05, 0) is 64.4 Å². The van der Waals surface area contributed by atoms with E-state index in [1.165, 1.54) is 18.5 Å². The second kappa shape index (κ2) is 7.72. The number of rotatable bonds is 7. The fraction of sp³-hybridized carbons (Fsp3) is 0.682. The average Bonchev–Trinajstić information content (AvgIpc) is 3.44. The van der Waals surface area contributed by atoms with Crippen LogP contribution in [0.1, 0.15) is 62.8 Å². The smallest absolute Gasteiger partial charge is 0.226 e. The molecule has 1 saturated carbocycles. The minimum absolute atomic E-state index is 0.0606. The Labute approximate surface area is 167 Å². The molecule has 2 heterocycles. The van der Waals surface area contributed by atoms with Crippen molar-refractivity contribution in [2.24, 2.45) is 11.3 Å².